The molecule has 1 aromatic rings. The van der Waals surface area contributed by atoms with Crippen LogP contribution in [-0.4, -0.2) is 40.5 Å². The molecule has 1 amide bonds. The third-order valence-electron chi connectivity index (χ3n) is 3.74. The molecule has 0 aliphatic carbocycles. The van der Waals surface area contributed by atoms with Crippen LogP contribution in [-0.2, 0) is 0 Å². The number of rotatable bonds is 4. The maximum Gasteiger partial charge on any atom is 0.270 e. The molecular weight excluding hydrogens is 296 g/mol. The number of carbonyl (C=O) groups is 1. The zero-order valence-corrected chi connectivity index (χ0v) is 12.3. The minimum atomic E-state index is -0.543. The number of nitrogens with zero attached hydrogens (tertiary/aromatic N) is 2. The van der Waals surface area contributed by atoms with Gasteiger partial charge in [-0.2, -0.15) is 0 Å². The topological polar surface area (TPSA) is 83.7 Å². The zero-order valence-electron chi connectivity index (χ0n) is 11.5. The van der Waals surface area contributed by atoms with Crippen molar-refractivity contribution >= 4 is 23.2 Å². The van der Waals surface area contributed by atoms with Crippen molar-refractivity contribution in [1.82, 2.24) is 4.90 Å². The lowest BCUT2D eigenvalue weighted by Crippen LogP contribution is -2.40. The predicted octanol–water partition coefficient (Wildman–Crippen LogP) is 2.48. The van der Waals surface area contributed by atoms with Crippen LogP contribution in [0.2, 0.25) is 5.02 Å². The van der Waals surface area contributed by atoms with Crippen LogP contribution in [0.3, 0.4) is 0 Å². The summed E-state index contributed by atoms with van der Waals surface area (Å²) in [7, 11) is 0. The van der Waals surface area contributed by atoms with Crippen molar-refractivity contribution in [3.8, 4) is 0 Å². The maximum atomic E-state index is 12.5. The van der Waals surface area contributed by atoms with Crippen LogP contribution < -0.4 is 0 Å². The summed E-state index contributed by atoms with van der Waals surface area (Å²) in [4.78, 5) is 24.3. The Kier molecular flexibility index (Phi) is 5.14. The molecule has 6 nitrogen and oxygen atoms in total. The summed E-state index contributed by atoms with van der Waals surface area (Å²) in [5, 5.41) is 19.8. The van der Waals surface area contributed by atoms with Gasteiger partial charge in [-0.05, 0) is 31.2 Å². The lowest BCUT2D eigenvalue weighted by molar-refractivity contribution is -0.384. The van der Waals surface area contributed by atoms with Crippen LogP contribution in [0, 0.1) is 16.0 Å². The van der Waals surface area contributed by atoms with E-state index in [2.05, 4.69) is 0 Å². The van der Waals surface area contributed by atoms with E-state index in [1.54, 1.807) is 4.90 Å². The number of amides is 1. The number of hydrogen-bond acceptors (Lipinski definition) is 4. The number of carbonyl (C=O) groups excluding carboxylic acids is 1. The van der Waals surface area contributed by atoms with Gasteiger partial charge in [-0.15, -0.1) is 0 Å². The van der Waals surface area contributed by atoms with Gasteiger partial charge in [-0.3, -0.25) is 14.9 Å². The van der Waals surface area contributed by atoms with E-state index in [-0.39, 0.29) is 28.8 Å². The summed E-state index contributed by atoms with van der Waals surface area (Å²) in [5.74, 6) is 0.0852. The van der Waals surface area contributed by atoms with Gasteiger partial charge in [-0.25, -0.2) is 0 Å². The molecular formula is C14H17ClN2O4. The van der Waals surface area contributed by atoms with Crippen LogP contribution in [0.15, 0.2) is 18.2 Å². The SMILES string of the molecule is O=C(c1ccc([N+](=O)[O-])cc1Cl)N1CCCC(CCO)C1. The second-order valence-electron chi connectivity index (χ2n) is 5.19. The molecule has 114 valence electrons. The molecule has 0 aromatic heterocycles. The van der Waals surface area contributed by atoms with E-state index >= 15 is 0 Å². The van der Waals surface area contributed by atoms with Crippen LogP contribution in [0.1, 0.15) is 29.6 Å². The van der Waals surface area contributed by atoms with Gasteiger partial charge in [0.15, 0.2) is 0 Å². The summed E-state index contributed by atoms with van der Waals surface area (Å²) in [6.45, 7) is 1.35. The molecule has 1 aromatic carbocycles. The van der Waals surface area contributed by atoms with Crippen LogP contribution >= 0.6 is 11.6 Å². The highest BCUT2D eigenvalue weighted by atomic mass is 35.5. The van der Waals surface area contributed by atoms with Crippen LogP contribution in [0.25, 0.3) is 0 Å². The number of aliphatic hydroxyl groups excluding tert-OH is 1. The normalized spacial score (nSPS) is 18.6. The Bertz CT molecular complexity index is 548. The van der Waals surface area contributed by atoms with Crippen LogP contribution in [0.4, 0.5) is 5.69 Å². The van der Waals surface area contributed by atoms with Gasteiger partial charge < -0.3 is 10.0 Å². The average molecular weight is 313 g/mol. The molecule has 1 atom stereocenters. The number of non-ortho nitro benzene ring substituents is 1. The smallest absolute Gasteiger partial charge is 0.270 e. The number of piperidine rings is 1. The van der Waals surface area contributed by atoms with Crippen LogP contribution in [0.5, 0.6) is 0 Å². The molecule has 1 saturated heterocycles. The van der Waals surface area contributed by atoms with E-state index in [1.807, 2.05) is 0 Å². The van der Waals surface area contributed by atoms with Crippen molar-refractivity contribution in [2.45, 2.75) is 19.3 Å². The summed E-state index contributed by atoms with van der Waals surface area (Å²) in [6, 6.07) is 3.89. The molecule has 1 fully saturated rings. The Morgan fingerprint density at radius 1 is 1.52 bits per heavy atom. The van der Waals surface area contributed by atoms with Crippen molar-refractivity contribution in [3.05, 3.63) is 38.9 Å². The molecule has 1 unspecified atom stereocenters. The largest absolute Gasteiger partial charge is 0.396 e. The molecule has 2 rings (SSSR count). The van der Waals surface area contributed by atoms with E-state index in [1.165, 1.54) is 18.2 Å². The van der Waals surface area contributed by atoms with E-state index in [9.17, 15) is 14.9 Å². The fourth-order valence-corrected chi connectivity index (χ4v) is 2.88. The first kappa shape index (κ1) is 15.7. The minimum Gasteiger partial charge on any atom is -0.396 e. The summed E-state index contributed by atoms with van der Waals surface area (Å²) in [5.41, 5.74) is 0.153. The highest BCUT2D eigenvalue weighted by Gasteiger charge is 2.26. The zero-order chi connectivity index (χ0) is 15.4. The standard InChI is InChI=1S/C14H17ClN2O4/c15-13-8-11(17(20)21)3-4-12(13)14(19)16-6-1-2-10(9-16)5-7-18/h3-4,8,10,18H,1-2,5-7,9H2. The molecule has 7 heteroatoms. The molecule has 21 heavy (non-hydrogen) atoms. The Morgan fingerprint density at radius 2 is 2.29 bits per heavy atom. The van der Waals surface area contributed by atoms with Gasteiger partial charge in [0.2, 0.25) is 0 Å². The van der Waals surface area contributed by atoms with E-state index in [0.29, 0.717) is 25.4 Å². The highest BCUT2D eigenvalue weighted by Crippen LogP contribution is 2.26. The predicted molar refractivity (Wildman–Crippen MR) is 78.4 cm³/mol. The van der Waals surface area contributed by atoms with Gasteiger partial charge in [0.1, 0.15) is 0 Å². The highest BCUT2D eigenvalue weighted by molar-refractivity contribution is 6.34. The number of hydrogen-bond donors (Lipinski definition) is 1. The Morgan fingerprint density at radius 3 is 2.90 bits per heavy atom. The lowest BCUT2D eigenvalue weighted by atomic mass is 9.94. The number of halogens is 1. The average Bonchev–Trinajstić information content (AvgIpc) is 2.47. The summed E-state index contributed by atoms with van der Waals surface area (Å²) in [6.07, 6.45) is 2.57. The number of likely N-dealkylation sites (tertiary alicyclic amines) is 1. The lowest BCUT2D eigenvalue weighted by Gasteiger charge is -2.32. The van der Waals surface area contributed by atoms with Crippen molar-refractivity contribution in [3.63, 3.8) is 0 Å². The molecule has 1 aliphatic heterocycles. The molecule has 0 spiro atoms. The number of nitro groups is 1. The van der Waals surface area contributed by atoms with Crippen molar-refractivity contribution in [2.75, 3.05) is 19.7 Å². The van der Waals surface area contributed by atoms with Gasteiger partial charge in [0.25, 0.3) is 11.6 Å². The molecule has 1 heterocycles. The molecule has 1 N–H and O–H groups in total. The van der Waals surface area contributed by atoms with Gasteiger partial charge in [0.05, 0.1) is 15.5 Å². The number of nitro benzene ring substituents is 1. The van der Waals surface area contributed by atoms with E-state index in [0.717, 1.165) is 12.8 Å². The molecule has 0 bridgehead atoms. The van der Waals surface area contributed by atoms with E-state index in [4.69, 9.17) is 16.7 Å². The van der Waals surface area contributed by atoms with Crippen molar-refractivity contribution in [1.29, 1.82) is 0 Å². The Hall–Kier alpha value is -1.66. The fourth-order valence-electron chi connectivity index (χ4n) is 2.63. The van der Waals surface area contributed by atoms with Crippen molar-refractivity contribution < 1.29 is 14.8 Å². The molecule has 1 aliphatic rings. The fraction of sp³-hybridized carbons (Fsp3) is 0.500. The first-order valence-corrected chi connectivity index (χ1v) is 7.24. The third kappa shape index (κ3) is 3.71. The molecule has 0 radical (unpaired) electrons. The second kappa shape index (κ2) is 6.87. The first-order chi connectivity index (χ1) is 10.0. The second-order valence-corrected chi connectivity index (χ2v) is 5.60. The van der Waals surface area contributed by atoms with Gasteiger partial charge in [-0.1, -0.05) is 11.6 Å². The van der Waals surface area contributed by atoms with E-state index < -0.39 is 4.92 Å². The molecule has 0 saturated carbocycles. The third-order valence-corrected chi connectivity index (χ3v) is 4.05. The Labute approximate surface area is 127 Å². The minimum absolute atomic E-state index is 0.0958. The monoisotopic (exact) mass is 312 g/mol. The van der Waals surface area contributed by atoms with Crippen molar-refractivity contribution in [2.24, 2.45) is 5.92 Å². The summed E-state index contributed by atoms with van der Waals surface area (Å²) >= 11 is 5.99. The number of benzene rings is 1. The Balaban J connectivity index is 2.14. The number of aliphatic hydroxyl groups is 1. The summed E-state index contributed by atoms with van der Waals surface area (Å²) < 4.78 is 0. The quantitative estimate of drug-likeness (QED) is 0.684. The first-order valence-electron chi connectivity index (χ1n) is 6.87. The van der Waals surface area contributed by atoms with Gasteiger partial charge in [0, 0.05) is 31.8 Å². The maximum absolute atomic E-state index is 12.5. The van der Waals surface area contributed by atoms with Gasteiger partial charge >= 0.3 is 0 Å².